The highest BCUT2D eigenvalue weighted by Crippen LogP contribution is 2.43. The Labute approximate surface area is 143 Å². The van der Waals surface area contributed by atoms with E-state index < -0.39 is 0 Å². The van der Waals surface area contributed by atoms with E-state index in [4.69, 9.17) is 9.47 Å². The Morgan fingerprint density at radius 1 is 0.913 bits per heavy atom. The van der Waals surface area contributed by atoms with Gasteiger partial charge in [0.1, 0.15) is 6.61 Å². The molecule has 0 spiro atoms. The number of para-hydroxylation sites is 1. The fraction of sp³-hybridized carbons (Fsp3) is 0.368. The molecule has 0 saturated carbocycles. The van der Waals surface area contributed by atoms with Crippen molar-refractivity contribution in [3.63, 3.8) is 0 Å². The van der Waals surface area contributed by atoms with Crippen LogP contribution in [0.5, 0.6) is 11.5 Å². The molecule has 23 heavy (non-hydrogen) atoms. The van der Waals surface area contributed by atoms with Crippen molar-refractivity contribution in [2.45, 2.75) is 24.9 Å². The number of piperidine rings is 1. The standard InChI is InChI=1S/C19H21NO2.ClH/c1-2-5-15(6-3-1)18-13-21-19-16(7-4-8-17(19)22-18)14-9-11-20-12-10-14;/h1-8,14,18,20H,9-13H2;1H. The van der Waals surface area contributed by atoms with E-state index in [1.807, 2.05) is 24.3 Å². The number of hydrogen-bond acceptors (Lipinski definition) is 3. The quantitative estimate of drug-likeness (QED) is 0.899. The molecule has 0 bridgehead atoms. The van der Waals surface area contributed by atoms with Gasteiger partial charge in [-0.2, -0.15) is 0 Å². The summed E-state index contributed by atoms with van der Waals surface area (Å²) in [6.07, 6.45) is 2.32. The van der Waals surface area contributed by atoms with Crippen LogP contribution >= 0.6 is 12.4 Å². The number of hydrogen-bond donors (Lipinski definition) is 1. The molecule has 2 aromatic rings. The zero-order chi connectivity index (χ0) is 14.8. The number of benzene rings is 2. The Morgan fingerprint density at radius 3 is 2.48 bits per heavy atom. The fourth-order valence-corrected chi connectivity index (χ4v) is 3.41. The molecule has 3 nitrogen and oxygen atoms in total. The molecule has 0 amide bonds. The average Bonchev–Trinajstić information content (AvgIpc) is 2.62. The van der Waals surface area contributed by atoms with Crippen LogP contribution in [0, 0.1) is 0 Å². The molecule has 0 aliphatic carbocycles. The monoisotopic (exact) mass is 331 g/mol. The van der Waals surface area contributed by atoms with Crippen molar-refractivity contribution in [2.24, 2.45) is 0 Å². The van der Waals surface area contributed by atoms with Crippen LogP contribution in [0.15, 0.2) is 48.5 Å². The van der Waals surface area contributed by atoms with Gasteiger partial charge in [-0.25, -0.2) is 0 Å². The Balaban J connectivity index is 0.00000156. The van der Waals surface area contributed by atoms with Gasteiger partial charge in [0.05, 0.1) is 0 Å². The average molecular weight is 332 g/mol. The lowest BCUT2D eigenvalue weighted by molar-refractivity contribution is 0.0895. The van der Waals surface area contributed by atoms with Crippen molar-refractivity contribution in [3.8, 4) is 11.5 Å². The second-order valence-corrected chi connectivity index (χ2v) is 6.03. The van der Waals surface area contributed by atoms with Crippen molar-refractivity contribution < 1.29 is 9.47 Å². The highest BCUT2D eigenvalue weighted by molar-refractivity contribution is 5.85. The van der Waals surface area contributed by atoms with Crippen molar-refractivity contribution in [1.29, 1.82) is 0 Å². The topological polar surface area (TPSA) is 30.5 Å². The molecule has 2 aliphatic rings. The van der Waals surface area contributed by atoms with Crippen LogP contribution < -0.4 is 14.8 Å². The summed E-state index contributed by atoms with van der Waals surface area (Å²) in [5.41, 5.74) is 2.48. The molecule has 4 rings (SSSR count). The molecular weight excluding hydrogens is 310 g/mol. The molecular formula is C19H22ClNO2. The predicted octanol–water partition coefficient (Wildman–Crippen LogP) is 4.09. The van der Waals surface area contributed by atoms with E-state index in [9.17, 15) is 0 Å². The summed E-state index contributed by atoms with van der Waals surface area (Å²) in [7, 11) is 0. The molecule has 1 fully saturated rings. The molecule has 1 atom stereocenters. The first-order valence-corrected chi connectivity index (χ1v) is 8.10. The number of nitrogens with one attached hydrogen (secondary N) is 1. The molecule has 2 heterocycles. The van der Waals surface area contributed by atoms with Crippen LogP contribution in [-0.2, 0) is 0 Å². The minimum absolute atomic E-state index is 0. The van der Waals surface area contributed by atoms with E-state index in [2.05, 4.69) is 29.6 Å². The largest absolute Gasteiger partial charge is 0.485 e. The Kier molecular flexibility index (Phi) is 5.09. The first kappa shape index (κ1) is 16.2. The van der Waals surface area contributed by atoms with Crippen LogP contribution in [0.2, 0.25) is 0 Å². The van der Waals surface area contributed by atoms with Gasteiger partial charge in [0, 0.05) is 5.56 Å². The van der Waals surface area contributed by atoms with Gasteiger partial charge >= 0.3 is 0 Å². The molecule has 1 N–H and O–H groups in total. The molecule has 0 aromatic heterocycles. The minimum atomic E-state index is -0.0167. The molecule has 0 radical (unpaired) electrons. The van der Waals surface area contributed by atoms with Crippen LogP contribution in [0.4, 0.5) is 0 Å². The van der Waals surface area contributed by atoms with Gasteiger partial charge in [0.15, 0.2) is 17.6 Å². The van der Waals surface area contributed by atoms with Gasteiger partial charge in [-0.15, -0.1) is 12.4 Å². The summed E-state index contributed by atoms with van der Waals surface area (Å²) >= 11 is 0. The number of rotatable bonds is 2. The molecule has 1 unspecified atom stereocenters. The minimum Gasteiger partial charge on any atom is -0.485 e. The van der Waals surface area contributed by atoms with Gasteiger partial charge in [0.25, 0.3) is 0 Å². The van der Waals surface area contributed by atoms with Crippen LogP contribution in [0.1, 0.15) is 36.0 Å². The fourth-order valence-electron chi connectivity index (χ4n) is 3.41. The second kappa shape index (κ2) is 7.24. The Morgan fingerprint density at radius 2 is 1.70 bits per heavy atom. The van der Waals surface area contributed by atoms with E-state index in [1.165, 1.54) is 24.0 Å². The summed E-state index contributed by atoms with van der Waals surface area (Å²) in [5, 5.41) is 3.42. The van der Waals surface area contributed by atoms with Gasteiger partial charge < -0.3 is 14.8 Å². The third-order valence-electron chi connectivity index (χ3n) is 4.61. The van der Waals surface area contributed by atoms with E-state index >= 15 is 0 Å². The summed E-state index contributed by atoms with van der Waals surface area (Å²) < 4.78 is 12.3. The van der Waals surface area contributed by atoms with Crippen molar-refractivity contribution in [1.82, 2.24) is 5.32 Å². The maximum Gasteiger partial charge on any atom is 0.164 e. The van der Waals surface area contributed by atoms with E-state index in [-0.39, 0.29) is 18.5 Å². The SMILES string of the molecule is Cl.c1ccc(C2COc3c(cccc3C3CCNCC3)O2)cc1. The second-order valence-electron chi connectivity index (χ2n) is 6.03. The lowest BCUT2D eigenvalue weighted by Crippen LogP contribution is -2.28. The smallest absolute Gasteiger partial charge is 0.164 e. The van der Waals surface area contributed by atoms with Crippen LogP contribution in [-0.4, -0.2) is 19.7 Å². The van der Waals surface area contributed by atoms with Gasteiger partial charge in [-0.3, -0.25) is 0 Å². The lowest BCUT2D eigenvalue weighted by Gasteiger charge is -2.31. The van der Waals surface area contributed by atoms with Crippen LogP contribution in [0.3, 0.4) is 0 Å². The number of halogens is 1. The van der Waals surface area contributed by atoms with E-state index in [1.54, 1.807) is 0 Å². The highest BCUT2D eigenvalue weighted by atomic mass is 35.5. The van der Waals surface area contributed by atoms with Gasteiger partial charge in [0.2, 0.25) is 0 Å². The van der Waals surface area contributed by atoms with Gasteiger partial charge in [-0.05, 0) is 43.5 Å². The summed E-state index contributed by atoms with van der Waals surface area (Å²) in [6.45, 7) is 2.75. The predicted molar refractivity (Wildman–Crippen MR) is 93.8 cm³/mol. The normalized spacial score (nSPS) is 20.6. The molecule has 122 valence electrons. The highest BCUT2D eigenvalue weighted by Gasteiger charge is 2.27. The molecule has 4 heteroatoms. The Hall–Kier alpha value is -1.71. The molecule has 2 aliphatic heterocycles. The summed E-state index contributed by atoms with van der Waals surface area (Å²) in [6, 6.07) is 16.6. The molecule has 2 aromatic carbocycles. The van der Waals surface area contributed by atoms with Crippen molar-refractivity contribution >= 4 is 12.4 Å². The Bertz CT molecular complexity index is 641. The first-order chi connectivity index (χ1) is 10.9. The maximum atomic E-state index is 6.21. The lowest BCUT2D eigenvalue weighted by atomic mass is 9.89. The number of ether oxygens (including phenoxy) is 2. The third kappa shape index (κ3) is 3.31. The maximum absolute atomic E-state index is 6.21. The third-order valence-corrected chi connectivity index (χ3v) is 4.61. The zero-order valence-corrected chi connectivity index (χ0v) is 13.9. The zero-order valence-electron chi connectivity index (χ0n) is 13.0. The van der Waals surface area contributed by atoms with E-state index in [0.717, 1.165) is 24.6 Å². The van der Waals surface area contributed by atoms with E-state index in [0.29, 0.717) is 12.5 Å². The van der Waals surface area contributed by atoms with Crippen molar-refractivity contribution in [3.05, 3.63) is 59.7 Å². The first-order valence-electron chi connectivity index (χ1n) is 8.10. The van der Waals surface area contributed by atoms with Gasteiger partial charge in [-0.1, -0.05) is 42.5 Å². The van der Waals surface area contributed by atoms with Crippen molar-refractivity contribution in [2.75, 3.05) is 19.7 Å². The number of fused-ring (bicyclic) bond motifs is 1. The summed E-state index contributed by atoms with van der Waals surface area (Å²) in [5.74, 6) is 2.42. The molecule has 1 saturated heterocycles. The summed E-state index contributed by atoms with van der Waals surface area (Å²) in [4.78, 5) is 0. The van der Waals surface area contributed by atoms with Crippen LogP contribution in [0.25, 0.3) is 0 Å².